The van der Waals surface area contributed by atoms with E-state index < -0.39 is 48.1 Å². The van der Waals surface area contributed by atoms with E-state index in [9.17, 15) is 26.3 Å². The Balaban J connectivity index is 2.29. The van der Waals surface area contributed by atoms with Gasteiger partial charge >= 0.3 is 5.92 Å². The minimum absolute atomic E-state index is 0.464. The molecule has 86 valence electrons. The highest BCUT2D eigenvalue weighted by Gasteiger charge is 2.97. The normalized spacial score (nSPS) is 65.2. The van der Waals surface area contributed by atoms with Crippen molar-refractivity contribution in [3.8, 4) is 0 Å². The zero-order chi connectivity index (χ0) is 11.3. The average Bonchev–Trinajstić information content (AvgIpc) is 2.47. The van der Waals surface area contributed by atoms with Crippen LogP contribution in [0.5, 0.6) is 0 Å². The lowest BCUT2D eigenvalue weighted by molar-refractivity contribution is -0.175. The minimum atomic E-state index is -4.61. The zero-order valence-electron chi connectivity index (χ0n) is 7.34. The maximum atomic E-state index is 13.9. The summed E-state index contributed by atoms with van der Waals surface area (Å²) in [5.74, 6) is -9.70. The molecule has 15 heavy (non-hydrogen) atoms. The summed E-state index contributed by atoms with van der Waals surface area (Å²) in [5, 5.41) is 1.72. The summed E-state index contributed by atoms with van der Waals surface area (Å²) in [4.78, 5) is 0. The Labute approximate surface area is 80.8 Å². The average molecular weight is 231 g/mol. The molecule has 1 N–H and O–H groups in total. The van der Waals surface area contributed by atoms with E-state index in [1.807, 2.05) is 0 Å². The molecule has 0 spiro atoms. The van der Waals surface area contributed by atoms with Crippen LogP contribution in [-0.4, -0.2) is 35.8 Å². The highest BCUT2D eigenvalue weighted by molar-refractivity contribution is 5.38. The lowest BCUT2D eigenvalue weighted by Gasteiger charge is -2.32. The predicted molar refractivity (Wildman–Crippen MR) is 37.5 cm³/mol. The summed E-state index contributed by atoms with van der Waals surface area (Å²) in [7, 11) is 0. The first-order valence-corrected chi connectivity index (χ1v) is 4.55. The molecule has 2 aliphatic carbocycles. The third kappa shape index (κ3) is 0.585. The highest BCUT2D eigenvalue weighted by Crippen LogP contribution is 2.73. The molecule has 1 heterocycles. The van der Waals surface area contributed by atoms with Gasteiger partial charge in [-0.3, -0.25) is 5.32 Å². The van der Waals surface area contributed by atoms with Gasteiger partial charge in [-0.2, -0.15) is 8.78 Å². The van der Waals surface area contributed by atoms with E-state index in [1.54, 1.807) is 5.32 Å². The second kappa shape index (κ2) is 2.01. The van der Waals surface area contributed by atoms with Crippen LogP contribution in [0.15, 0.2) is 0 Å². The fourth-order valence-electron chi connectivity index (χ4n) is 3.18. The van der Waals surface area contributed by atoms with Gasteiger partial charge in [0.1, 0.15) is 0 Å². The molecular weight excluding hydrogens is 224 g/mol. The maximum absolute atomic E-state index is 13.9. The number of hydrogen-bond donors (Lipinski definition) is 1. The van der Waals surface area contributed by atoms with Gasteiger partial charge in [0, 0.05) is 12.5 Å². The third-order valence-electron chi connectivity index (χ3n) is 3.97. The zero-order valence-corrected chi connectivity index (χ0v) is 7.34. The van der Waals surface area contributed by atoms with Crippen LogP contribution in [0.25, 0.3) is 0 Å². The highest BCUT2D eigenvalue weighted by atomic mass is 19.3. The van der Waals surface area contributed by atoms with E-state index in [0.29, 0.717) is 0 Å². The quantitative estimate of drug-likeness (QED) is 0.494. The van der Waals surface area contributed by atoms with Crippen LogP contribution in [0, 0.1) is 5.92 Å². The van der Waals surface area contributed by atoms with Gasteiger partial charge in [-0.25, -0.2) is 17.6 Å². The number of alkyl halides is 6. The van der Waals surface area contributed by atoms with Crippen LogP contribution in [-0.2, 0) is 0 Å². The Bertz CT molecular complexity index is 335. The Kier molecular flexibility index (Phi) is 1.31. The molecule has 0 unspecified atom stereocenters. The van der Waals surface area contributed by atoms with Crippen LogP contribution in [0.3, 0.4) is 0 Å². The third-order valence-corrected chi connectivity index (χ3v) is 3.97. The fraction of sp³-hybridized carbons (Fsp3) is 1.00. The molecule has 1 nitrogen and oxygen atoms in total. The molecule has 0 amide bonds. The SMILES string of the molecule is F[C@H]1[C@]2(F)C[C@@H]3CN[C@@]1(F)[C@]3(F)C2(F)F. The summed E-state index contributed by atoms with van der Waals surface area (Å²) in [6, 6.07) is 0. The molecule has 2 bridgehead atoms. The number of halogens is 6. The van der Waals surface area contributed by atoms with Crippen LogP contribution in [0.1, 0.15) is 6.42 Å². The number of nitrogens with one attached hydrogen (secondary N) is 1. The predicted octanol–water partition coefficient (Wildman–Crippen LogP) is 1.68. The van der Waals surface area contributed by atoms with E-state index in [-0.39, 0.29) is 0 Å². The molecule has 7 heteroatoms. The first kappa shape index (κ1) is 9.74. The molecule has 0 aromatic rings. The molecule has 0 aromatic heterocycles. The monoisotopic (exact) mass is 231 g/mol. The summed E-state index contributed by atoms with van der Waals surface area (Å²) in [6.45, 7) is -0.464. The van der Waals surface area contributed by atoms with Crippen molar-refractivity contribution < 1.29 is 26.3 Å². The van der Waals surface area contributed by atoms with Crippen molar-refractivity contribution in [2.24, 2.45) is 5.92 Å². The van der Waals surface area contributed by atoms with Gasteiger partial charge in [0.15, 0.2) is 6.17 Å². The van der Waals surface area contributed by atoms with Gasteiger partial charge in [-0.1, -0.05) is 0 Å². The van der Waals surface area contributed by atoms with Gasteiger partial charge in [0.25, 0.3) is 0 Å². The van der Waals surface area contributed by atoms with Gasteiger partial charge in [0.05, 0.1) is 0 Å². The number of hydrogen-bond acceptors (Lipinski definition) is 1. The molecule has 3 fully saturated rings. The van der Waals surface area contributed by atoms with E-state index in [1.165, 1.54) is 0 Å². The molecular formula is C8H7F6N. The molecule has 2 saturated carbocycles. The second-order valence-electron chi connectivity index (χ2n) is 4.50. The lowest BCUT2D eigenvalue weighted by atomic mass is 9.84. The summed E-state index contributed by atoms with van der Waals surface area (Å²) in [6.07, 6.45) is -4.14. The smallest absolute Gasteiger partial charge is 0.279 e. The van der Waals surface area contributed by atoms with Crippen molar-refractivity contribution in [3.05, 3.63) is 0 Å². The lowest BCUT2D eigenvalue weighted by Crippen LogP contribution is -2.58. The topological polar surface area (TPSA) is 12.0 Å². The van der Waals surface area contributed by atoms with Crippen LogP contribution >= 0.6 is 0 Å². The van der Waals surface area contributed by atoms with Crippen molar-refractivity contribution in [2.75, 3.05) is 6.54 Å². The molecule has 3 rings (SSSR count). The number of rotatable bonds is 0. The largest absolute Gasteiger partial charge is 0.322 e. The summed E-state index contributed by atoms with van der Waals surface area (Å²) < 4.78 is 81.2. The van der Waals surface area contributed by atoms with Gasteiger partial charge in [-0.15, -0.1) is 0 Å². The van der Waals surface area contributed by atoms with Crippen molar-refractivity contribution in [1.29, 1.82) is 0 Å². The van der Waals surface area contributed by atoms with Crippen LogP contribution in [0.4, 0.5) is 26.3 Å². The molecule has 1 saturated heterocycles. The van der Waals surface area contributed by atoms with Gasteiger partial charge in [-0.05, 0) is 6.42 Å². The Hall–Kier alpha value is -0.460. The van der Waals surface area contributed by atoms with Crippen molar-refractivity contribution in [2.45, 2.75) is 35.6 Å². The van der Waals surface area contributed by atoms with Gasteiger partial charge in [0.2, 0.25) is 17.1 Å². The molecule has 5 atom stereocenters. The van der Waals surface area contributed by atoms with E-state index >= 15 is 0 Å². The first-order valence-electron chi connectivity index (χ1n) is 4.55. The molecule has 1 aliphatic heterocycles. The van der Waals surface area contributed by atoms with Crippen molar-refractivity contribution >= 4 is 0 Å². The van der Waals surface area contributed by atoms with Crippen molar-refractivity contribution in [3.63, 3.8) is 0 Å². The Morgan fingerprint density at radius 1 is 1.07 bits per heavy atom. The Morgan fingerprint density at radius 2 is 1.67 bits per heavy atom. The van der Waals surface area contributed by atoms with E-state index in [0.717, 1.165) is 0 Å². The molecule has 3 aliphatic rings. The maximum Gasteiger partial charge on any atom is 0.322 e. The summed E-state index contributed by atoms with van der Waals surface area (Å²) >= 11 is 0. The first-order chi connectivity index (χ1) is 6.72. The fourth-order valence-corrected chi connectivity index (χ4v) is 3.18. The second-order valence-corrected chi connectivity index (χ2v) is 4.50. The standard InChI is InChI=1S/C8H7F6N/c9-4-5(10)1-3-2-15-7(4,12)6(3,11)8(5,13)14/h3-4,15H,1-2H2/t3-,4+,5-,6+,7-/m1/s1. The molecule has 0 aromatic carbocycles. The minimum Gasteiger partial charge on any atom is -0.279 e. The van der Waals surface area contributed by atoms with E-state index in [2.05, 4.69) is 0 Å². The Morgan fingerprint density at radius 3 is 2.13 bits per heavy atom. The number of fused-ring (bicyclic) bond motifs is 1. The summed E-state index contributed by atoms with van der Waals surface area (Å²) in [5.41, 5.74) is -7.47. The van der Waals surface area contributed by atoms with Gasteiger partial charge < -0.3 is 0 Å². The van der Waals surface area contributed by atoms with Crippen LogP contribution in [0.2, 0.25) is 0 Å². The van der Waals surface area contributed by atoms with E-state index in [4.69, 9.17) is 0 Å². The van der Waals surface area contributed by atoms with Crippen LogP contribution < -0.4 is 5.32 Å². The van der Waals surface area contributed by atoms with Crippen molar-refractivity contribution in [1.82, 2.24) is 5.32 Å². The molecule has 0 radical (unpaired) electrons.